The molecule has 3 nitrogen and oxygen atoms in total. The van der Waals surface area contributed by atoms with E-state index in [0.717, 1.165) is 13.1 Å². The van der Waals surface area contributed by atoms with E-state index >= 15 is 0 Å². The molecule has 3 heteroatoms. The van der Waals surface area contributed by atoms with Gasteiger partial charge in [-0.15, -0.1) is 0 Å². The van der Waals surface area contributed by atoms with Crippen LogP contribution < -0.4 is 5.32 Å². The van der Waals surface area contributed by atoms with Crippen molar-refractivity contribution in [2.24, 2.45) is 5.41 Å². The molecule has 1 aliphatic carbocycles. The Hall–Kier alpha value is -0.800. The van der Waals surface area contributed by atoms with Gasteiger partial charge in [-0.2, -0.15) is 0 Å². The first-order valence-electron chi connectivity index (χ1n) is 7.14. The Bertz CT molecular complexity index is 328. The summed E-state index contributed by atoms with van der Waals surface area (Å²) in [6.45, 7) is 6.61. The van der Waals surface area contributed by atoms with Gasteiger partial charge in [0.2, 0.25) is 0 Å². The summed E-state index contributed by atoms with van der Waals surface area (Å²) in [7, 11) is 2.22. The molecule has 1 aromatic heterocycles. The van der Waals surface area contributed by atoms with Gasteiger partial charge in [0.05, 0.1) is 12.5 Å². The number of hydrogen-bond acceptors (Lipinski definition) is 3. The van der Waals surface area contributed by atoms with Crippen LogP contribution in [-0.4, -0.2) is 31.6 Å². The lowest BCUT2D eigenvalue weighted by Gasteiger charge is -2.33. The summed E-state index contributed by atoms with van der Waals surface area (Å²) in [4.78, 5) is 2.44. The second-order valence-corrected chi connectivity index (χ2v) is 5.79. The fraction of sp³-hybridized carbons (Fsp3) is 0.733. The minimum absolute atomic E-state index is 0.495. The fourth-order valence-corrected chi connectivity index (χ4v) is 3.23. The van der Waals surface area contributed by atoms with Gasteiger partial charge in [-0.05, 0) is 37.9 Å². The van der Waals surface area contributed by atoms with E-state index in [-0.39, 0.29) is 0 Å². The van der Waals surface area contributed by atoms with Gasteiger partial charge in [-0.25, -0.2) is 0 Å². The fourth-order valence-electron chi connectivity index (χ4n) is 3.23. The van der Waals surface area contributed by atoms with Crippen molar-refractivity contribution in [1.82, 2.24) is 10.2 Å². The van der Waals surface area contributed by atoms with Crippen LogP contribution in [0.15, 0.2) is 23.0 Å². The van der Waals surface area contributed by atoms with Crippen molar-refractivity contribution in [1.29, 1.82) is 0 Å². The van der Waals surface area contributed by atoms with E-state index in [1.807, 2.05) is 6.26 Å². The Morgan fingerprint density at radius 2 is 2.17 bits per heavy atom. The normalized spacial score (nSPS) is 18.6. The highest BCUT2D eigenvalue weighted by atomic mass is 16.3. The lowest BCUT2D eigenvalue weighted by atomic mass is 9.85. The second-order valence-electron chi connectivity index (χ2n) is 5.79. The van der Waals surface area contributed by atoms with Crippen LogP contribution in [0.4, 0.5) is 0 Å². The van der Waals surface area contributed by atoms with Crippen LogP contribution in [0.3, 0.4) is 0 Å². The Morgan fingerprint density at radius 3 is 2.78 bits per heavy atom. The molecule has 102 valence electrons. The molecule has 0 spiro atoms. The molecule has 0 radical (unpaired) electrons. The van der Waals surface area contributed by atoms with Gasteiger partial charge < -0.3 is 14.6 Å². The summed E-state index contributed by atoms with van der Waals surface area (Å²) in [6.07, 6.45) is 9.14. The zero-order valence-electron chi connectivity index (χ0n) is 11.7. The lowest BCUT2D eigenvalue weighted by molar-refractivity contribution is 0.168. The van der Waals surface area contributed by atoms with Gasteiger partial charge in [0.15, 0.2) is 0 Å². The smallest absolute Gasteiger partial charge is 0.0947 e. The van der Waals surface area contributed by atoms with Gasteiger partial charge in [0.25, 0.3) is 0 Å². The molecule has 0 bridgehead atoms. The van der Waals surface area contributed by atoms with Gasteiger partial charge in [0.1, 0.15) is 0 Å². The van der Waals surface area contributed by atoms with Crippen molar-refractivity contribution in [3.05, 3.63) is 24.2 Å². The molecule has 0 aliphatic heterocycles. The average molecular weight is 250 g/mol. The zero-order chi connectivity index (χ0) is 12.8. The van der Waals surface area contributed by atoms with Crippen LogP contribution in [0, 0.1) is 5.41 Å². The van der Waals surface area contributed by atoms with E-state index in [1.54, 1.807) is 6.26 Å². The zero-order valence-corrected chi connectivity index (χ0v) is 11.7. The van der Waals surface area contributed by atoms with Gasteiger partial charge >= 0.3 is 0 Å². The van der Waals surface area contributed by atoms with Crippen LogP contribution in [0.25, 0.3) is 0 Å². The van der Waals surface area contributed by atoms with E-state index in [0.29, 0.717) is 5.41 Å². The number of rotatable bonds is 7. The maximum atomic E-state index is 5.14. The molecule has 1 fully saturated rings. The molecule has 2 rings (SSSR count). The minimum Gasteiger partial charge on any atom is -0.472 e. The van der Waals surface area contributed by atoms with Gasteiger partial charge in [-0.1, -0.05) is 19.8 Å². The van der Waals surface area contributed by atoms with Crippen molar-refractivity contribution in [3.8, 4) is 0 Å². The van der Waals surface area contributed by atoms with E-state index in [9.17, 15) is 0 Å². The number of furan rings is 1. The van der Waals surface area contributed by atoms with Crippen molar-refractivity contribution in [2.75, 3.05) is 26.7 Å². The van der Waals surface area contributed by atoms with Crippen LogP contribution >= 0.6 is 0 Å². The molecule has 1 aromatic rings. The van der Waals surface area contributed by atoms with E-state index in [2.05, 4.69) is 30.3 Å². The van der Waals surface area contributed by atoms with Crippen molar-refractivity contribution < 1.29 is 4.42 Å². The summed E-state index contributed by atoms with van der Waals surface area (Å²) >= 11 is 0. The Morgan fingerprint density at radius 1 is 1.39 bits per heavy atom. The summed E-state index contributed by atoms with van der Waals surface area (Å²) in [5.41, 5.74) is 1.77. The molecular weight excluding hydrogens is 224 g/mol. The predicted octanol–water partition coefficient (Wildman–Crippen LogP) is 2.88. The van der Waals surface area contributed by atoms with Crippen molar-refractivity contribution >= 4 is 0 Å². The average Bonchev–Trinajstić information content (AvgIpc) is 2.99. The molecular formula is C15H26N2O. The molecule has 0 amide bonds. The van der Waals surface area contributed by atoms with E-state index in [4.69, 9.17) is 4.42 Å². The van der Waals surface area contributed by atoms with E-state index < -0.39 is 0 Å². The first-order valence-corrected chi connectivity index (χ1v) is 7.14. The molecule has 1 saturated carbocycles. The highest BCUT2D eigenvalue weighted by Gasteiger charge is 2.34. The maximum Gasteiger partial charge on any atom is 0.0947 e. The molecule has 1 heterocycles. The summed E-state index contributed by atoms with van der Waals surface area (Å²) in [5.74, 6) is 0. The van der Waals surface area contributed by atoms with Crippen LogP contribution in [0.5, 0.6) is 0 Å². The first kappa shape index (κ1) is 13.6. The molecule has 18 heavy (non-hydrogen) atoms. The second kappa shape index (κ2) is 6.39. The Balaban J connectivity index is 1.87. The highest BCUT2D eigenvalue weighted by molar-refractivity contribution is 5.05. The third-order valence-corrected chi connectivity index (χ3v) is 4.05. The number of nitrogens with zero attached hydrogens (tertiary/aromatic N) is 1. The van der Waals surface area contributed by atoms with Crippen LogP contribution in [-0.2, 0) is 6.54 Å². The molecule has 0 atom stereocenters. The topological polar surface area (TPSA) is 28.4 Å². The SMILES string of the molecule is CCNCC1(CN(C)Cc2ccoc2)CCCC1. The lowest BCUT2D eigenvalue weighted by Crippen LogP contribution is -2.41. The molecule has 0 aromatic carbocycles. The Kier molecular flexibility index (Phi) is 4.84. The van der Waals surface area contributed by atoms with Gasteiger partial charge in [0, 0.05) is 25.2 Å². The third kappa shape index (κ3) is 3.59. The van der Waals surface area contributed by atoms with Crippen LogP contribution in [0.2, 0.25) is 0 Å². The Labute approximate surface area is 111 Å². The third-order valence-electron chi connectivity index (χ3n) is 4.05. The number of nitrogens with one attached hydrogen (secondary N) is 1. The first-order chi connectivity index (χ1) is 8.74. The maximum absolute atomic E-state index is 5.14. The van der Waals surface area contributed by atoms with Crippen LogP contribution in [0.1, 0.15) is 38.2 Å². The molecule has 0 saturated heterocycles. The molecule has 0 unspecified atom stereocenters. The van der Waals surface area contributed by atoms with Gasteiger partial charge in [-0.3, -0.25) is 0 Å². The summed E-state index contributed by atoms with van der Waals surface area (Å²) in [5, 5.41) is 3.55. The monoisotopic (exact) mass is 250 g/mol. The predicted molar refractivity (Wildman–Crippen MR) is 74.5 cm³/mol. The summed E-state index contributed by atoms with van der Waals surface area (Å²) < 4.78 is 5.14. The summed E-state index contributed by atoms with van der Waals surface area (Å²) in [6, 6.07) is 2.06. The van der Waals surface area contributed by atoms with Crippen molar-refractivity contribution in [2.45, 2.75) is 39.2 Å². The largest absolute Gasteiger partial charge is 0.472 e. The molecule has 1 aliphatic rings. The number of hydrogen-bond donors (Lipinski definition) is 1. The molecule has 1 N–H and O–H groups in total. The van der Waals surface area contributed by atoms with E-state index in [1.165, 1.54) is 44.3 Å². The highest BCUT2D eigenvalue weighted by Crippen LogP contribution is 2.38. The standard InChI is InChI=1S/C15H26N2O/c1-3-16-12-15(7-4-5-8-15)13-17(2)10-14-6-9-18-11-14/h6,9,11,16H,3-5,7-8,10,12-13H2,1-2H3. The minimum atomic E-state index is 0.495. The quantitative estimate of drug-likeness (QED) is 0.806. The van der Waals surface area contributed by atoms with Crippen molar-refractivity contribution in [3.63, 3.8) is 0 Å².